The van der Waals surface area contributed by atoms with E-state index in [1.54, 1.807) is 0 Å². The summed E-state index contributed by atoms with van der Waals surface area (Å²) < 4.78 is 1.38. The molecule has 1 atom stereocenters. The van der Waals surface area contributed by atoms with E-state index in [1.165, 1.54) is 21.2 Å². The first kappa shape index (κ1) is 15.1. The lowest BCUT2D eigenvalue weighted by atomic mass is 9.94. The summed E-state index contributed by atoms with van der Waals surface area (Å²) >= 11 is 11.6. The highest BCUT2D eigenvalue weighted by Gasteiger charge is 2.13. The van der Waals surface area contributed by atoms with E-state index in [0.717, 1.165) is 23.2 Å². The molecule has 0 radical (unpaired) electrons. The third-order valence-corrected chi connectivity index (χ3v) is 5.86. The maximum absolute atomic E-state index is 6.08. The molecule has 1 unspecified atom stereocenters. The van der Waals surface area contributed by atoms with Crippen LogP contribution < -0.4 is 0 Å². The molecule has 0 spiro atoms. The molecule has 3 aromatic rings. The number of hydrogen-bond donors (Lipinski definition) is 0. The van der Waals surface area contributed by atoms with E-state index in [1.807, 2.05) is 23.5 Å². The highest BCUT2D eigenvalue weighted by atomic mass is 79.9. The summed E-state index contributed by atoms with van der Waals surface area (Å²) in [6.45, 7) is 0. The summed E-state index contributed by atoms with van der Waals surface area (Å²) in [5, 5.41) is 5.53. The number of rotatable bonds is 5. The molecular weight excluding hydrogens is 364 g/mol. The summed E-state index contributed by atoms with van der Waals surface area (Å²) in [7, 11) is 0. The fraction of sp³-hybridized carbons (Fsp3) is 0.222. The summed E-state index contributed by atoms with van der Waals surface area (Å²) in [6, 6.07) is 16.9. The number of thiophene rings is 1. The summed E-state index contributed by atoms with van der Waals surface area (Å²) in [4.78, 5) is 0. The van der Waals surface area contributed by atoms with Crippen molar-refractivity contribution in [2.24, 2.45) is 5.92 Å². The minimum atomic E-state index is 0.585. The van der Waals surface area contributed by atoms with Gasteiger partial charge < -0.3 is 0 Å². The molecule has 21 heavy (non-hydrogen) atoms. The number of hydrogen-bond acceptors (Lipinski definition) is 1. The minimum absolute atomic E-state index is 0.585. The van der Waals surface area contributed by atoms with Crippen molar-refractivity contribution in [2.45, 2.75) is 12.8 Å². The molecule has 0 nitrogen and oxygen atoms in total. The summed E-state index contributed by atoms with van der Waals surface area (Å²) in [5.74, 6) is 0.585. The van der Waals surface area contributed by atoms with E-state index in [4.69, 9.17) is 11.6 Å². The Balaban J connectivity index is 1.78. The standard InChI is InChI=1S/C18H16BrClS/c19-11-14(8-13-4-3-5-16(20)10-13)9-15-12-21-18-7-2-1-6-17(15)18/h1-7,10,12,14H,8-9,11H2. The normalized spacial score (nSPS) is 12.7. The number of halogens is 2. The van der Waals surface area contributed by atoms with Gasteiger partial charge in [-0.2, -0.15) is 0 Å². The number of benzene rings is 2. The van der Waals surface area contributed by atoms with Crippen molar-refractivity contribution in [1.82, 2.24) is 0 Å². The number of fused-ring (bicyclic) bond motifs is 1. The molecule has 0 fully saturated rings. The highest BCUT2D eigenvalue weighted by molar-refractivity contribution is 9.09. The first-order valence-electron chi connectivity index (χ1n) is 7.02. The zero-order chi connectivity index (χ0) is 14.7. The molecule has 3 heteroatoms. The van der Waals surface area contributed by atoms with Crippen molar-refractivity contribution in [3.63, 3.8) is 0 Å². The van der Waals surface area contributed by atoms with Crippen LogP contribution in [-0.4, -0.2) is 5.33 Å². The Bertz CT molecular complexity index is 735. The van der Waals surface area contributed by atoms with Crippen LogP contribution in [0, 0.1) is 5.92 Å². The summed E-state index contributed by atoms with van der Waals surface area (Å²) in [6.07, 6.45) is 2.15. The molecule has 1 aromatic heterocycles. The molecule has 0 saturated carbocycles. The van der Waals surface area contributed by atoms with Gasteiger partial charge in [-0.05, 0) is 58.9 Å². The Morgan fingerprint density at radius 2 is 1.90 bits per heavy atom. The van der Waals surface area contributed by atoms with E-state index in [-0.39, 0.29) is 0 Å². The van der Waals surface area contributed by atoms with Crippen LogP contribution in [0.25, 0.3) is 10.1 Å². The van der Waals surface area contributed by atoms with Crippen molar-refractivity contribution in [2.75, 3.05) is 5.33 Å². The Hall–Kier alpha value is -0.830. The lowest BCUT2D eigenvalue weighted by Gasteiger charge is -2.14. The maximum atomic E-state index is 6.08. The van der Waals surface area contributed by atoms with E-state index >= 15 is 0 Å². The fourth-order valence-corrected chi connectivity index (χ4v) is 4.33. The zero-order valence-corrected chi connectivity index (χ0v) is 14.7. The molecule has 0 aliphatic heterocycles. The Morgan fingerprint density at radius 1 is 1.05 bits per heavy atom. The van der Waals surface area contributed by atoms with Crippen LogP contribution in [0.15, 0.2) is 53.9 Å². The van der Waals surface area contributed by atoms with Gasteiger partial charge in [-0.1, -0.05) is 57.9 Å². The van der Waals surface area contributed by atoms with Crippen LogP contribution in [0.1, 0.15) is 11.1 Å². The largest absolute Gasteiger partial charge is 0.144 e. The quantitative estimate of drug-likeness (QED) is 0.453. The lowest BCUT2D eigenvalue weighted by molar-refractivity contribution is 0.594. The first-order valence-corrected chi connectivity index (χ1v) is 9.39. The Labute approximate surface area is 142 Å². The molecule has 0 aliphatic rings. The Morgan fingerprint density at radius 3 is 2.71 bits per heavy atom. The van der Waals surface area contributed by atoms with Crippen LogP contribution in [0.3, 0.4) is 0 Å². The van der Waals surface area contributed by atoms with E-state index < -0.39 is 0 Å². The second-order valence-electron chi connectivity index (χ2n) is 5.32. The van der Waals surface area contributed by atoms with E-state index in [9.17, 15) is 0 Å². The molecule has 3 rings (SSSR count). The van der Waals surface area contributed by atoms with Gasteiger partial charge >= 0.3 is 0 Å². The minimum Gasteiger partial charge on any atom is -0.144 e. The maximum Gasteiger partial charge on any atom is 0.0408 e. The predicted molar refractivity (Wildman–Crippen MR) is 98.0 cm³/mol. The molecule has 1 heterocycles. The van der Waals surface area contributed by atoms with Crippen molar-refractivity contribution < 1.29 is 0 Å². The van der Waals surface area contributed by atoms with Gasteiger partial charge in [0.2, 0.25) is 0 Å². The monoisotopic (exact) mass is 378 g/mol. The van der Waals surface area contributed by atoms with Crippen LogP contribution in [-0.2, 0) is 12.8 Å². The van der Waals surface area contributed by atoms with Gasteiger partial charge in [-0.3, -0.25) is 0 Å². The van der Waals surface area contributed by atoms with E-state index in [0.29, 0.717) is 5.92 Å². The molecule has 0 aliphatic carbocycles. The van der Waals surface area contributed by atoms with Gasteiger partial charge in [0.1, 0.15) is 0 Å². The zero-order valence-electron chi connectivity index (χ0n) is 11.6. The third-order valence-electron chi connectivity index (χ3n) is 3.70. The topological polar surface area (TPSA) is 0 Å². The van der Waals surface area contributed by atoms with Gasteiger partial charge in [0.05, 0.1) is 0 Å². The van der Waals surface area contributed by atoms with Crippen LogP contribution in [0.5, 0.6) is 0 Å². The first-order chi connectivity index (χ1) is 10.3. The van der Waals surface area contributed by atoms with Crippen molar-refractivity contribution in [1.29, 1.82) is 0 Å². The number of alkyl halides is 1. The van der Waals surface area contributed by atoms with Crippen LogP contribution >= 0.6 is 38.9 Å². The average molecular weight is 380 g/mol. The SMILES string of the molecule is Clc1cccc(CC(CBr)Cc2csc3ccccc23)c1. The van der Waals surface area contributed by atoms with Crippen molar-refractivity contribution >= 4 is 49.0 Å². The lowest BCUT2D eigenvalue weighted by Crippen LogP contribution is -2.09. The van der Waals surface area contributed by atoms with Gasteiger partial charge in [-0.25, -0.2) is 0 Å². The highest BCUT2D eigenvalue weighted by Crippen LogP contribution is 2.29. The van der Waals surface area contributed by atoms with Crippen molar-refractivity contribution in [3.05, 3.63) is 70.1 Å². The molecule has 2 aromatic carbocycles. The molecule has 0 amide bonds. The second-order valence-corrected chi connectivity index (χ2v) is 7.31. The molecule has 0 bridgehead atoms. The summed E-state index contributed by atoms with van der Waals surface area (Å²) in [5.41, 5.74) is 2.77. The Kier molecular flexibility index (Phi) is 4.99. The van der Waals surface area contributed by atoms with Gasteiger partial charge in [-0.15, -0.1) is 11.3 Å². The third kappa shape index (κ3) is 3.68. The smallest absolute Gasteiger partial charge is 0.0408 e. The molecule has 0 N–H and O–H groups in total. The molecular formula is C18H16BrClS. The van der Waals surface area contributed by atoms with Gasteiger partial charge in [0.15, 0.2) is 0 Å². The van der Waals surface area contributed by atoms with Crippen LogP contribution in [0.4, 0.5) is 0 Å². The van der Waals surface area contributed by atoms with Gasteiger partial charge in [0.25, 0.3) is 0 Å². The second kappa shape index (κ2) is 6.95. The van der Waals surface area contributed by atoms with Crippen molar-refractivity contribution in [3.8, 4) is 0 Å². The molecule has 0 saturated heterocycles. The van der Waals surface area contributed by atoms with Gasteiger partial charge in [0, 0.05) is 15.1 Å². The van der Waals surface area contributed by atoms with Crippen LogP contribution in [0.2, 0.25) is 5.02 Å². The predicted octanol–water partition coefficient (Wildman–Crippen LogP) is 6.35. The fourth-order valence-electron chi connectivity index (χ4n) is 2.68. The average Bonchev–Trinajstić information content (AvgIpc) is 2.90. The molecule has 108 valence electrons. The van der Waals surface area contributed by atoms with E-state index in [2.05, 4.69) is 57.7 Å².